The summed E-state index contributed by atoms with van der Waals surface area (Å²) in [6.45, 7) is 0. The minimum Gasteiger partial charge on any atom is -0.457 e. The Morgan fingerprint density at radius 2 is 1.72 bits per heavy atom. The number of esters is 1. The lowest BCUT2D eigenvalue weighted by Gasteiger charge is -2.06. The number of anilines is 1. The van der Waals surface area contributed by atoms with Crippen LogP contribution in [0.2, 0.25) is 0 Å². The average molecular weight is 395 g/mol. The van der Waals surface area contributed by atoms with Crippen LogP contribution in [0.4, 0.5) is 10.1 Å². The van der Waals surface area contributed by atoms with E-state index in [0.29, 0.717) is 5.56 Å². The van der Waals surface area contributed by atoms with Crippen molar-refractivity contribution < 1.29 is 27.9 Å². The van der Waals surface area contributed by atoms with E-state index < -0.39 is 23.6 Å². The van der Waals surface area contributed by atoms with Crippen LogP contribution in [0.1, 0.15) is 16.1 Å². The van der Waals surface area contributed by atoms with E-state index >= 15 is 0 Å². The Bertz CT molecular complexity index is 1050. The first-order valence-electron chi connectivity index (χ1n) is 8.27. The number of carbonyl (C=O) groups is 3. The molecule has 3 aromatic rings. The van der Waals surface area contributed by atoms with Crippen LogP contribution in [0.5, 0.6) is 5.75 Å². The fraction of sp³-hybridized carbons (Fsp3) is 0. The summed E-state index contributed by atoms with van der Waals surface area (Å²) in [5, 5.41) is 5.99. The van der Waals surface area contributed by atoms with Gasteiger partial charge in [0.05, 0.1) is 12.5 Å². The average Bonchev–Trinajstić information content (AvgIpc) is 3.26. The second-order valence-electron chi connectivity index (χ2n) is 5.56. The van der Waals surface area contributed by atoms with Crippen molar-refractivity contribution in [1.82, 2.24) is 5.43 Å². The number of nitrogens with one attached hydrogen (secondary N) is 2. The molecule has 0 unspecified atom stereocenters. The van der Waals surface area contributed by atoms with Gasteiger partial charge in [0.25, 0.3) is 0 Å². The highest BCUT2D eigenvalue weighted by Gasteiger charge is 2.14. The van der Waals surface area contributed by atoms with Gasteiger partial charge < -0.3 is 14.5 Å². The number of para-hydroxylation sites is 1. The fourth-order valence-electron chi connectivity index (χ4n) is 2.16. The van der Waals surface area contributed by atoms with Crippen molar-refractivity contribution in [3.63, 3.8) is 0 Å². The minimum atomic E-state index is -1.03. The molecule has 0 spiro atoms. The van der Waals surface area contributed by atoms with Gasteiger partial charge in [-0.2, -0.15) is 5.10 Å². The van der Waals surface area contributed by atoms with E-state index in [9.17, 15) is 18.8 Å². The number of furan rings is 1. The first-order chi connectivity index (χ1) is 14.0. The highest BCUT2D eigenvalue weighted by atomic mass is 19.1. The van der Waals surface area contributed by atoms with Crippen LogP contribution >= 0.6 is 0 Å². The number of carbonyl (C=O) groups excluding carboxylic acids is 3. The standard InChI is InChI=1S/C20H14FN3O5/c21-14-7-9-15(10-8-14)23-18(25)19(26)24-22-12-13-4-1-2-5-16(13)29-20(27)17-6-3-11-28-17/h1-12H,(H,23,25)(H,24,26). The van der Waals surface area contributed by atoms with Crippen LogP contribution < -0.4 is 15.5 Å². The van der Waals surface area contributed by atoms with Crippen molar-refractivity contribution in [3.8, 4) is 5.75 Å². The van der Waals surface area contributed by atoms with Crippen molar-refractivity contribution in [1.29, 1.82) is 0 Å². The summed E-state index contributed by atoms with van der Waals surface area (Å²) in [7, 11) is 0. The number of nitrogens with zero attached hydrogens (tertiary/aromatic N) is 1. The van der Waals surface area contributed by atoms with Crippen molar-refractivity contribution in [2.75, 3.05) is 5.32 Å². The first-order valence-corrected chi connectivity index (χ1v) is 8.27. The molecule has 1 aromatic heterocycles. The van der Waals surface area contributed by atoms with Crippen molar-refractivity contribution in [2.45, 2.75) is 0 Å². The SMILES string of the molecule is O=C(NN=Cc1ccccc1OC(=O)c1ccco1)C(=O)Nc1ccc(F)cc1. The number of halogens is 1. The molecule has 0 fully saturated rings. The zero-order valence-corrected chi connectivity index (χ0v) is 14.8. The summed E-state index contributed by atoms with van der Waals surface area (Å²) in [6.07, 6.45) is 2.56. The molecule has 29 heavy (non-hydrogen) atoms. The molecule has 0 aliphatic rings. The van der Waals surface area contributed by atoms with Crippen molar-refractivity contribution in [3.05, 3.63) is 84.1 Å². The molecule has 0 radical (unpaired) electrons. The van der Waals surface area contributed by atoms with E-state index in [1.807, 2.05) is 0 Å². The molecule has 2 amide bonds. The largest absolute Gasteiger partial charge is 0.457 e. The van der Waals surface area contributed by atoms with Gasteiger partial charge in [-0.05, 0) is 48.5 Å². The van der Waals surface area contributed by atoms with Crippen LogP contribution in [0.15, 0.2) is 76.4 Å². The molecule has 0 atom stereocenters. The molecule has 0 saturated carbocycles. The monoisotopic (exact) mass is 395 g/mol. The van der Waals surface area contributed by atoms with E-state index in [1.165, 1.54) is 36.7 Å². The van der Waals surface area contributed by atoms with E-state index in [-0.39, 0.29) is 17.2 Å². The van der Waals surface area contributed by atoms with Crippen LogP contribution in [-0.4, -0.2) is 24.0 Å². The lowest BCUT2D eigenvalue weighted by molar-refractivity contribution is -0.136. The maximum atomic E-state index is 12.9. The number of hydrazone groups is 1. The molecule has 0 bridgehead atoms. The van der Waals surface area contributed by atoms with Gasteiger partial charge in [-0.1, -0.05) is 12.1 Å². The lowest BCUT2D eigenvalue weighted by atomic mass is 10.2. The summed E-state index contributed by atoms with van der Waals surface area (Å²) < 4.78 is 23.1. The fourth-order valence-corrected chi connectivity index (χ4v) is 2.16. The molecule has 0 aliphatic heterocycles. The molecule has 2 aromatic carbocycles. The maximum absolute atomic E-state index is 12.9. The Labute approximate surface area is 164 Å². The van der Waals surface area contributed by atoms with Crippen molar-refractivity contribution in [2.24, 2.45) is 5.10 Å². The predicted octanol–water partition coefficient (Wildman–Crippen LogP) is 2.73. The van der Waals surface area contributed by atoms with Crippen molar-refractivity contribution >= 4 is 29.7 Å². The number of rotatable bonds is 5. The van der Waals surface area contributed by atoms with Gasteiger partial charge in [0.15, 0.2) is 0 Å². The quantitative estimate of drug-likeness (QED) is 0.227. The Kier molecular flexibility index (Phi) is 6.11. The third-order valence-corrected chi connectivity index (χ3v) is 3.52. The maximum Gasteiger partial charge on any atom is 0.379 e. The molecule has 146 valence electrons. The Balaban J connectivity index is 1.59. The number of hydrogen-bond acceptors (Lipinski definition) is 6. The second kappa shape index (κ2) is 9.09. The smallest absolute Gasteiger partial charge is 0.379 e. The van der Waals surface area contributed by atoms with E-state index in [0.717, 1.165) is 12.1 Å². The number of amides is 2. The topological polar surface area (TPSA) is 110 Å². The van der Waals surface area contributed by atoms with E-state index in [4.69, 9.17) is 9.15 Å². The molecule has 8 nitrogen and oxygen atoms in total. The summed E-state index contributed by atoms with van der Waals surface area (Å²) >= 11 is 0. The molecule has 3 rings (SSSR count). The molecule has 0 aliphatic carbocycles. The van der Waals surface area contributed by atoms with E-state index in [1.54, 1.807) is 24.3 Å². The summed E-state index contributed by atoms with van der Waals surface area (Å²) in [6, 6.07) is 14.4. The number of hydrogen-bond donors (Lipinski definition) is 2. The van der Waals surface area contributed by atoms with Gasteiger partial charge in [0.1, 0.15) is 11.6 Å². The van der Waals surface area contributed by atoms with Gasteiger partial charge in [0, 0.05) is 11.3 Å². The lowest BCUT2D eigenvalue weighted by Crippen LogP contribution is -2.32. The Hall–Kier alpha value is -4.27. The van der Waals surface area contributed by atoms with Crippen LogP contribution in [0, 0.1) is 5.82 Å². The summed E-state index contributed by atoms with van der Waals surface area (Å²) in [5.41, 5.74) is 2.69. The van der Waals surface area contributed by atoms with Gasteiger partial charge >= 0.3 is 17.8 Å². The molecular weight excluding hydrogens is 381 g/mol. The molecular formula is C20H14FN3O5. The van der Waals surface area contributed by atoms with E-state index in [2.05, 4.69) is 15.8 Å². The molecule has 1 heterocycles. The normalized spacial score (nSPS) is 10.5. The Morgan fingerprint density at radius 3 is 2.45 bits per heavy atom. The predicted molar refractivity (Wildman–Crippen MR) is 101 cm³/mol. The highest BCUT2D eigenvalue weighted by molar-refractivity contribution is 6.39. The second-order valence-corrected chi connectivity index (χ2v) is 5.56. The zero-order valence-electron chi connectivity index (χ0n) is 14.8. The number of benzene rings is 2. The van der Waals surface area contributed by atoms with Crippen LogP contribution in [0.3, 0.4) is 0 Å². The van der Waals surface area contributed by atoms with Gasteiger partial charge in [-0.15, -0.1) is 0 Å². The minimum absolute atomic E-state index is 0.0301. The van der Waals surface area contributed by atoms with Gasteiger partial charge in [-0.25, -0.2) is 14.6 Å². The molecule has 2 N–H and O–H groups in total. The first kappa shape index (κ1) is 19.5. The van der Waals surface area contributed by atoms with Gasteiger partial charge in [0.2, 0.25) is 5.76 Å². The van der Waals surface area contributed by atoms with Crippen LogP contribution in [-0.2, 0) is 9.59 Å². The van der Waals surface area contributed by atoms with Crippen LogP contribution in [0.25, 0.3) is 0 Å². The highest BCUT2D eigenvalue weighted by Crippen LogP contribution is 2.17. The summed E-state index contributed by atoms with van der Waals surface area (Å²) in [4.78, 5) is 35.6. The Morgan fingerprint density at radius 1 is 0.966 bits per heavy atom. The van der Waals surface area contributed by atoms with Gasteiger partial charge in [-0.3, -0.25) is 9.59 Å². The zero-order chi connectivity index (χ0) is 20.6. The third kappa shape index (κ3) is 5.36. The molecule has 9 heteroatoms. The number of ether oxygens (including phenoxy) is 1. The third-order valence-electron chi connectivity index (χ3n) is 3.52. The summed E-state index contributed by atoms with van der Waals surface area (Å²) in [5.74, 6) is -2.96. The molecule has 0 saturated heterocycles.